The number of amides is 4. The Morgan fingerprint density at radius 3 is 2.41 bits per heavy atom. The van der Waals surface area contributed by atoms with Gasteiger partial charge in [0.15, 0.2) is 0 Å². The molecule has 0 saturated carbocycles. The molecule has 0 saturated heterocycles. The van der Waals surface area contributed by atoms with Crippen LogP contribution in [0.5, 0.6) is 0 Å². The molecule has 2 heterocycles. The summed E-state index contributed by atoms with van der Waals surface area (Å²) in [5.41, 5.74) is 2.05. The van der Waals surface area contributed by atoms with Gasteiger partial charge in [0.2, 0.25) is 5.91 Å². The lowest BCUT2D eigenvalue weighted by Crippen LogP contribution is -2.52. The Bertz CT molecular complexity index is 832. The molecule has 7 heteroatoms. The molecule has 0 aliphatic carbocycles. The highest BCUT2D eigenvalue weighted by Crippen LogP contribution is 2.37. The van der Waals surface area contributed by atoms with E-state index < -0.39 is 12.1 Å². The molecule has 0 radical (unpaired) electrons. The van der Waals surface area contributed by atoms with Gasteiger partial charge in [0.25, 0.3) is 5.91 Å². The topological polar surface area (TPSA) is 81.8 Å². The maximum atomic E-state index is 13.5. The number of carbonyl (C=O) groups excluding carboxylic acids is 3. The van der Waals surface area contributed by atoms with E-state index in [-0.39, 0.29) is 30.3 Å². The molecule has 2 aliphatic heterocycles. The van der Waals surface area contributed by atoms with Crippen molar-refractivity contribution in [1.29, 1.82) is 0 Å². The average molecular weight is 399 g/mol. The van der Waals surface area contributed by atoms with E-state index in [9.17, 15) is 14.4 Å². The van der Waals surface area contributed by atoms with Crippen LogP contribution in [0.3, 0.4) is 0 Å². The van der Waals surface area contributed by atoms with Gasteiger partial charge < -0.3 is 15.5 Å². The summed E-state index contributed by atoms with van der Waals surface area (Å²) in [5, 5.41) is 5.88. The summed E-state index contributed by atoms with van der Waals surface area (Å²) >= 11 is 0. The second-order valence-electron chi connectivity index (χ2n) is 8.47. The molecule has 3 rings (SSSR count). The maximum absolute atomic E-state index is 13.5. The van der Waals surface area contributed by atoms with Crippen molar-refractivity contribution in [3.8, 4) is 0 Å². The van der Waals surface area contributed by atoms with Gasteiger partial charge in [-0.3, -0.25) is 14.5 Å². The highest BCUT2D eigenvalue weighted by atomic mass is 16.2. The largest absolute Gasteiger partial charge is 0.354 e. The fourth-order valence-corrected chi connectivity index (χ4v) is 3.92. The van der Waals surface area contributed by atoms with Crippen LogP contribution in [0.1, 0.15) is 39.3 Å². The smallest absolute Gasteiger partial charge is 0.322 e. The highest BCUT2D eigenvalue weighted by molar-refractivity contribution is 6.03. The van der Waals surface area contributed by atoms with Gasteiger partial charge in [-0.05, 0) is 17.4 Å². The lowest BCUT2D eigenvalue weighted by Gasteiger charge is -2.31. The first-order chi connectivity index (χ1) is 13.7. The molecule has 156 valence electrons. The normalized spacial score (nSPS) is 20.3. The number of hydrogen-bond acceptors (Lipinski definition) is 3. The van der Waals surface area contributed by atoms with Crippen molar-refractivity contribution in [1.82, 2.24) is 20.4 Å². The van der Waals surface area contributed by atoms with Crippen molar-refractivity contribution in [3.63, 3.8) is 0 Å². The number of nitrogens with zero attached hydrogens (tertiary/aromatic N) is 2. The third-order valence-corrected chi connectivity index (χ3v) is 5.44. The summed E-state index contributed by atoms with van der Waals surface area (Å²) < 4.78 is 0. The lowest BCUT2D eigenvalue weighted by molar-refractivity contribution is -0.138. The fraction of sp³-hybridized carbons (Fsp3) is 0.500. The number of rotatable bonds is 6. The monoisotopic (exact) mass is 398 g/mol. The van der Waals surface area contributed by atoms with Crippen LogP contribution < -0.4 is 10.6 Å². The number of benzene rings is 1. The Labute approximate surface area is 172 Å². The van der Waals surface area contributed by atoms with E-state index in [2.05, 4.69) is 10.6 Å². The van der Waals surface area contributed by atoms with Crippen LogP contribution in [-0.2, 0) is 9.59 Å². The Hall–Kier alpha value is -2.83. The second-order valence-corrected chi connectivity index (χ2v) is 8.47. The van der Waals surface area contributed by atoms with Crippen molar-refractivity contribution in [2.75, 3.05) is 20.1 Å². The first kappa shape index (κ1) is 20.9. The van der Waals surface area contributed by atoms with Gasteiger partial charge in [0, 0.05) is 13.6 Å². The Kier molecular flexibility index (Phi) is 5.96. The van der Waals surface area contributed by atoms with Gasteiger partial charge in [-0.2, -0.15) is 0 Å². The van der Waals surface area contributed by atoms with E-state index in [0.29, 0.717) is 23.7 Å². The average Bonchev–Trinajstić information content (AvgIpc) is 3.01. The molecular weight excluding hydrogens is 368 g/mol. The Balaban J connectivity index is 1.93. The molecule has 0 unspecified atom stereocenters. The predicted octanol–water partition coefficient (Wildman–Crippen LogP) is 2.28. The Morgan fingerprint density at radius 1 is 1.17 bits per heavy atom. The molecule has 1 aromatic rings. The summed E-state index contributed by atoms with van der Waals surface area (Å²) in [5.74, 6) is -0.0846. The molecule has 4 amide bonds. The lowest BCUT2D eigenvalue weighted by atomic mass is 9.95. The molecular formula is C22H30N4O3. The number of carbonyl (C=O) groups is 3. The van der Waals surface area contributed by atoms with E-state index in [1.807, 2.05) is 58.0 Å². The van der Waals surface area contributed by atoms with Crippen LogP contribution >= 0.6 is 0 Å². The van der Waals surface area contributed by atoms with Gasteiger partial charge in [-0.1, -0.05) is 58.0 Å². The first-order valence-electron chi connectivity index (χ1n) is 10.1. The minimum atomic E-state index is -0.591. The van der Waals surface area contributed by atoms with Gasteiger partial charge in [-0.25, -0.2) is 4.79 Å². The molecule has 2 N–H and O–H groups in total. The van der Waals surface area contributed by atoms with Crippen molar-refractivity contribution >= 4 is 17.8 Å². The van der Waals surface area contributed by atoms with E-state index >= 15 is 0 Å². The van der Waals surface area contributed by atoms with E-state index in [4.69, 9.17) is 0 Å². The van der Waals surface area contributed by atoms with Crippen LogP contribution in [0.2, 0.25) is 0 Å². The Morgan fingerprint density at radius 2 is 1.83 bits per heavy atom. The number of urea groups is 1. The molecule has 0 bridgehead atoms. The molecule has 29 heavy (non-hydrogen) atoms. The summed E-state index contributed by atoms with van der Waals surface area (Å²) in [6.45, 7) is 8.74. The molecule has 0 spiro atoms. The SMILES string of the molecule is CC(C)CNC(=O)[C@H](C(C)C)N1CC2=C(C1=O)[C@@H](c1ccccc1)NC(=O)N2C. The van der Waals surface area contributed by atoms with Crippen molar-refractivity contribution in [2.45, 2.75) is 39.8 Å². The van der Waals surface area contributed by atoms with Crippen LogP contribution in [-0.4, -0.2) is 53.8 Å². The zero-order valence-electron chi connectivity index (χ0n) is 17.7. The summed E-state index contributed by atoms with van der Waals surface area (Å²) in [6, 6.07) is 8.09. The van der Waals surface area contributed by atoms with Gasteiger partial charge in [0.1, 0.15) is 6.04 Å². The van der Waals surface area contributed by atoms with Crippen LogP contribution in [0.4, 0.5) is 4.79 Å². The number of nitrogens with one attached hydrogen (secondary N) is 2. The second kappa shape index (κ2) is 8.27. The first-order valence-corrected chi connectivity index (χ1v) is 10.1. The molecule has 0 fully saturated rings. The third-order valence-electron chi connectivity index (χ3n) is 5.44. The summed E-state index contributed by atoms with van der Waals surface area (Å²) in [6.07, 6.45) is 0. The fourth-order valence-electron chi connectivity index (χ4n) is 3.92. The quantitative estimate of drug-likeness (QED) is 0.771. The molecule has 2 atom stereocenters. The van der Waals surface area contributed by atoms with Crippen LogP contribution in [0, 0.1) is 11.8 Å². The van der Waals surface area contributed by atoms with Crippen LogP contribution in [0.15, 0.2) is 41.6 Å². The minimum Gasteiger partial charge on any atom is -0.354 e. The molecule has 1 aromatic carbocycles. The number of hydrogen-bond donors (Lipinski definition) is 2. The third kappa shape index (κ3) is 3.99. The van der Waals surface area contributed by atoms with E-state index in [0.717, 1.165) is 5.56 Å². The summed E-state index contributed by atoms with van der Waals surface area (Å²) in [7, 11) is 1.66. The van der Waals surface area contributed by atoms with Crippen molar-refractivity contribution in [3.05, 3.63) is 47.2 Å². The zero-order chi connectivity index (χ0) is 21.3. The van der Waals surface area contributed by atoms with Crippen LogP contribution in [0.25, 0.3) is 0 Å². The predicted molar refractivity (Wildman–Crippen MR) is 111 cm³/mol. The molecule has 2 aliphatic rings. The molecule has 0 aromatic heterocycles. The summed E-state index contributed by atoms with van der Waals surface area (Å²) in [4.78, 5) is 42.0. The highest BCUT2D eigenvalue weighted by Gasteiger charge is 2.46. The van der Waals surface area contributed by atoms with Gasteiger partial charge >= 0.3 is 6.03 Å². The zero-order valence-corrected chi connectivity index (χ0v) is 17.7. The van der Waals surface area contributed by atoms with E-state index in [1.165, 1.54) is 4.90 Å². The van der Waals surface area contributed by atoms with Gasteiger partial charge in [-0.15, -0.1) is 0 Å². The number of likely N-dealkylation sites (N-methyl/N-ethyl adjacent to an activating group) is 1. The maximum Gasteiger partial charge on any atom is 0.322 e. The van der Waals surface area contributed by atoms with Crippen molar-refractivity contribution < 1.29 is 14.4 Å². The minimum absolute atomic E-state index is 0.0587. The standard InChI is InChI=1S/C22H30N4O3/c1-13(2)11-23-20(27)19(14(3)4)26-12-16-17(21(26)28)18(24-22(29)25(16)5)15-9-7-6-8-10-15/h6-10,13-14,18-19H,11-12H2,1-5H3,(H,23,27)(H,24,29)/t18-,19+/m1/s1. The van der Waals surface area contributed by atoms with E-state index in [1.54, 1.807) is 11.9 Å². The van der Waals surface area contributed by atoms with Gasteiger partial charge in [0.05, 0.1) is 23.9 Å². The molecule has 7 nitrogen and oxygen atoms in total. The van der Waals surface area contributed by atoms with Crippen molar-refractivity contribution in [2.24, 2.45) is 11.8 Å².